The molecular formula is C11H14N4. The highest BCUT2D eigenvalue weighted by molar-refractivity contribution is 5.72. The maximum Gasteiger partial charge on any atom is 0.113 e. The standard InChI is InChI=1S/C11H14N4/c1-3-8-14(2)9-15-12-10-6-4-5-7-11(10)13-15/h3-7H,1,8-9H2,2H3. The summed E-state index contributed by atoms with van der Waals surface area (Å²) in [6, 6.07) is 7.86. The first kappa shape index (κ1) is 9.86. The van der Waals surface area contributed by atoms with Gasteiger partial charge in [0.25, 0.3) is 0 Å². The molecule has 0 amide bonds. The fourth-order valence-corrected chi connectivity index (χ4v) is 1.46. The molecule has 0 bridgehead atoms. The number of nitrogens with zero attached hydrogens (tertiary/aromatic N) is 4. The maximum absolute atomic E-state index is 4.36. The van der Waals surface area contributed by atoms with Gasteiger partial charge in [-0.05, 0) is 19.2 Å². The Morgan fingerprint density at radius 2 is 1.93 bits per heavy atom. The van der Waals surface area contributed by atoms with Gasteiger partial charge >= 0.3 is 0 Å². The molecule has 1 heterocycles. The van der Waals surface area contributed by atoms with E-state index in [9.17, 15) is 0 Å². The molecule has 0 aliphatic rings. The Bertz CT molecular complexity index is 427. The van der Waals surface area contributed by atoms with Crippen molar-refractivity contribution in [1.82, 2.24) is 19.9 Å². The lowest BCUT2D eigenvalue weighted by Crippen LogP contribution is -2.23. The fraction of sp³-hybridized carbons (Fsp3) is 0.273. The zero-order valence-electron chi connectivity index (χ0n) is 8.80. The van der Waals surface area contributed by atoms with Crippen molar-refractivity contribution in [2.24, 2.45) is 0 Å². The minimum atomic E-state index is 0.681. The van der Waals surface area contributed by atoms with Crippen molar-refractivity contribution in [2.75, 3.05) is 13.6 Å². The molecule has 0 aliphatic carbocycles. The third-order valence-corrected chi connectivity index (χ3v) is 2.14. The lowest BCUT2D eigenvalue weighted by molar-refractivity contribution is 0.261. The van der Waals surface area contributed by atoms with Gasteiger partial charge < -0.3 is 0 Å². The van der Waals surface area contributed by atoms with Crippen LogP contribution < -0.4 is 0 Å². The highest BCUT2D eigenvalue weighted by atomic mass is 15.5. The normalized spacial score (nSPS) is 11.1. The Hall–Kier alpha value is -1.68. The van der Waals surface area contributed by atoms with E-state index >= 15 is 0 Å². The Morgan fingerprint density at radius 3 is 2.47 bits per heavy atom. The van der Waals surface area contributed by atoms with Crippen LogP contribution in [0.2, 0.25) is 0 Å². The van der Waals surface area contributed by atoms with Crippen LogP contribution >= 0.6 is 0 Å². The van der Waals surface area contributed by atoms with Gasteiger partial charge in [-0.25, -0.2) is 0 Å². The van der Waals surface area contributed by atoms with Crippen LogP contribution in [-0.4, -0.2) is 33.5 Å². The summed E-state index contributed by atoms with van der Waals surface area (Å²) in [5, 5.41) is 8.73. The van der Waals surface area contributed by atoms with E-state index in [-0.39, 0.29) is 0 Å². The fourth-order valence-electron chi connectivity index (χ4n) is 1.46. The van der Waals surface area contributed by atoms with Crippen molar-refractivity contribution in [3.05, 3.63) is 36.9 Å². The van der Waals surface area contributed by atoms with E-state index in [1.165, 1.54) is 0 Å². The minimum absolute atomic E-state index is 0.681. The molecule has 0 atom stereocenters. The maximum atomic E-state index is 4.36. The van der Waals surface area contributed by atoms with Crippen molar-refractivity contribution in [2.45, 2.75) is 6.67 Å². The third kappa shape index (κ3) is 2.22. The second-order valence-electron chi connectivity index (χ2n) is 3.53. The lowest BCUT2D eigenvalue weighted by Gasteiger charge is -2.12. The van der Waals surface area contributed by atoms with Crippen molar-refractivity contribution >= 4 is 11.0 Å². The van der Waals surface area contributed by atoms with E-state index in [0.717, 1.165) is 17.6 Å². The van der Waals surface area contributed by atoms with Crippen molar-refractivity contribution in [1.29, 1.82) is 0 Å². The second kappa shape index (κ2) is 4.23. The van der Waals surface area contributed by atoms with Crippen LogP contribution in [0, 0.1) is 0 Å². The molecular weight excluding hydrogens is 188 g/mol. The molecule has 4 heteroatoms. The van der Waals surface area contributed by atoms with Crippen molar-refractivity contribution < 1.29 is 0 Å². The van der Waals surface area contributed by atoms with E-state index < -0.39 is 0 Å². The molecule has 0 radical (unpaired) electrons. The van der Waals surface area contributed by atoms with Gasteiger partial charge in [0.2, 0.25) is 0 Å². The predicted molar refractivity (Wildman–Crippen MR) is 60.4 cm³/mol. The first-order valence-corrected chi connectivity index (χ1v) is 4.89. The summed E-state index contributed by atoms with van der Waals surface area (Å²) in [7, 11) is 2.01. The molecule has 0 unspecified atom stereocenters. The van der Waals surface area contributed by atoms with Gasteiger partial charge in [-0.2, -0.15) is 15.0 Å². The number of fused-ring (bicyclic) bond motifs is 1. The number of hydrogen-bond acceptors (Lipinski definition) is 3. The topological polar surface area (TPSA) is 34.0 Å². The molecule has 4 nitrogen and oxygen atoms in total. The predicted octanol–water partition coefficient (Wildman–Crippen LogP) is 1.51. The van der Waals surface area contributed by atoms with Gasteiger partial charge in [0.1, 0.15) is 17.7 Å². The highest BCUT2D eigenvalue weighted by Gasteiger charge is 2.02. The Kier molecular flexibility index (Phi) is 2.78. The van der Waals surface area contributed by atoms with E-state index in [1.807, 2.05) is 37.4 Å². The van der Waals surface area contributed by atoms with Crippen LogP contribution in [0.15, 0.2) is 36.9 Å². The SMILES string of the molecule is C=CCN(C)Cn1nc2ccccc2n1. The van der Waals surface area contributed by atoms with Crippen LogP contribution in [0.4, 0.5) is 0 Å². The molecule has 78 valence electrons. The van der Waals surface area contributed by atoms with Crippen LogP contribution in [0.3, 0.4) is 0 Å². The van der Waals surface area contributed by atoms with Crippen LogP contribution in [0.1, 0.15) is 0 Å². The molecule has 2 rings (SSSR count). The molecule has 0 spiro atoms. The average Bonchev–Trinajstić information content (AvgIpc) is 2.59. The molecule has 2 aromatic rings. The zero-order valence-corrected chi connectivity index (χ0v) is 8.80. The first-order chi connectivity index (χ1) is 7.29. The molecule has 0 N–H and O–H groups in total. The third-order valence-electron chi connectivity index (χ3n) is 2.14. The van der Waals surface area contributed by atoms with E-state index in [4.69, 9.17) is 0 Å². The Labute approximate surface area is 88.8 Å². The quantitative estimate of drug-likeness (QED) is 0.705. The smallest absolute Gasteiger partial charge is 0.113 e. The summed E-state index contributed by atoms with van der Waals surface area (Å²) in [6.07, 6.45) is 1.86. The molecule has 1 aromatic heterocycles. The summed E-state index contributed by atoms with van der Waals surface area (Å²) in [5.41, 5.74) is 1.87. The molecule has 0 saturated carbocycles. The van der Waals surface area contributed by atoms with E-state index in [0.29, 0.717) is 6.67 Å². The molecule has 0 saturated heterocycles. The molecule has 0 fully saturated rings. The number of rotatable bonds is 4. The monoisotopic (exact) mass is 202 g/mol. The molecule has 0 aliphatic heterocycles. The van der Waals surface area contributed by atoms with Gasteiger partial charge in [0.15, 0.2) is 0 Å². The number of aromatic nitrogens is 3. The summed E-state index contributed by atoms with van der Waals surface area (Å²) in [6.45, 7) is 5.21. The Balaban J connectivity index is 2.18. The number of hydrogen-bond donors (Lipinski definition) is 0. The van der Waals surface area contributed by atoms with Crippen molar-refractivity contribution in [3.8, 4) is 0 Å². The summed E-state index contributed by atoms with van der Waals surface area (Å²) in [5.74, 6) is 0. The number of likely N-dealkylation sites (N-methyl/N-ethyl adjacent to an activating group) is 1. The Morgan fingerprint density at radius 1 is 1.33 bits per heavy atom. The highest BCUT2D eigenvalue weighted by Crippen LogP contribution is 2.06. The largest absolute Gasteiger partial charge is 0.282 e. The lowest BCUT2D eigenvalue weighted by atomic mass is 10.3. The summed E-state index contributed by atoms with van der Waals surface area (Å²) < 4.78 is 0. The van der Waals surface area contributed by atoms with E-state index in [2.05, 4.69) is 21.7 Å². The first-order valence-electron chi connectivity index (χ1n) is 4.89. The number of benzene rings is 1. The van der Waals surface area contributed by atoms with Gasteiger partial charge in [0.05, 0.1) is 0 Å². The summed E-state index contributed by atoms with van der Waals surface area (Å²) in [4.78, 5) is 3.79. The van der Waals surface area contributed by atoms with Gasteiger partial charge in [0, 0.05) is 6.54 Å². The van der Waals surface area contributed by atoms with Crippen LogP contribution in [0.5, 0.6) is 0 Å². The van der Waals surface area contributed by atoms with Crippen LogP contribution in [-0.2, 0) is 6.67 Å². The van der Waals surface area contributed by atoms with Crippen LogP contribution in [0.25, 0.3) is 11.0 Å². The average molecular weight is 202 g/mol. The van der Waals surface area contributed by atoms with E-state index in [1.54, 1.807) is 4.80 Å². The molecule has 1 aromatic carbocycles. The van der Waals surface area contributed by atoms with Crippen molar-refractivity contribution in [3.63, 3.8) is 0 Å². The second-order valence-corrected chi connectivity index (χ2v) is 3.53. The molecule has 15 heavy (non-hydrogen) atoms. The minimum Gasteiger partial charge on any atom is -0.282 e. The van der Waals surface area contributed by atoms with Gasteiger partial charge in [-0.1, -0.05) is 18.2 Å². The summed E-state index contributed by atoms with van der Waals surface area (Å²) >= 11 is 0. The van der Waals surface area contributed by atoms with Gasteiger partial charge in [-0.15, -0.1) is 6.58 Å². The zero-order chi connectivity index (χ0) is 10.7. The van der Waals surface area contributed by atoms with Gasteiger partial charge in [-0.3, -0.25) is 4.90 Å².